The Balaban J connectivity index is 1.62. The molecule has 8 heteroatoms. The molecule has 2 heterocycles. The number of fused-ring (bicyclic) bond motifs is 1. The quantitative estimate of drug-likeness (QED) is 0.343. The molecule has 0 fully saturated rings. The van der Waals surface area contributed by atoms with Crippen LogP contribution in [0.4, 0.5) is 4.39 Å². The first-order chi connectivity index (χ1) is 13.0. The number of aryl methyl sites for hydroxylation is 1. The van der Waals surface area contributed by atoms with Gasteiger partial charge in [0.25, 0.3) is 11.1 Å². The summed E-state index contributed by atoms with van der Waals surface area (Å²) in [5, 5.41) is 9.42. The second-order valence-electron chi connectivity index (χ2n) is 5.83. The molecule has 0 aliphatic heterocycles. The van der Waals surface area contributed by atoms with Crippen molar-refractivity contribution < 1.29 is 13.2 Å². The summed E-state index contributed by atoms with van der Waals surface area (Å²) in [6.45, 7) is 1.84. The van der Waals surface area contributed by atoms with Crippen LogP contribution in [0, 0.1) is 12.7 Å². The summed E-state index contributed by atoms with van der Waals surface area (Å²) in [6, 6.07) is 11.1. The zero-order valence-electron chi connectivity index (χ0n) is 14.0. The molecule has 0 spiro atoms. The van der Waals surface area contributed by atoms with Gasteiger partial charge in [-0.25, -0.2) is 9.18 Å². The molecule has 0 unspecified atom stereocenters. The van der Waals surface area contributed by atoms with E-state index in [0.29, 0.717) is 16.4 Å². The van der Waals surface area contributed by atoms with Crippen LogP contribution in [0.15, 0.2) is 61.3 Å². The molecular weight excluding hydrogens is 391 g/mol. The SMILES string of the molecule is Cc1cc2oc(=O)cc(CSc3nnc(-c4ccccc4F)o3)c2cc1Cl. The number of aromatic nitrogens is 2. The van der Waals surface area contributed by atoms with Gasteiger partial charge in [-0.1, -0.05) is 35.5 Å². The summed E-state index contributed by atoms with van der Waals surface area (Å²) in [6.07, 6.45) is 0. The van der Waals surface area contributed by atoms with E-state index in [4.69, 9.17) is 20.4 Å². The highest BCUT2D eigenvalue weighted by atomic mass is 35.5. The van der Waals surface area contributed by atoms with Crippen molar-refractivity contribution in [1.29, 1.82) is 0 Å². The fraction of sp³-hybridized carbons (Fsp3) is 0.105. The Morgan fingerprint density at radius 3 is 2.78 bits per heavy atom. The Kier molecular flexibility index (Phi) is 4.72. The third-order valence-electron chi connectivity index (χ3n) is 3.97. The Morgan fingerprint density at radius 2 is 1.96 bits per heavy atom. The highest BCUT2D eigenvalue weighted by Crippen LogP contribution is 2.30. The maximum atomic E-state index is 13.8. The zero-order chi connectivity index (χ0) is 19.0. The summed E-state index contributed by atoms with van der Waals surface area (Å²) in [5.74, 6) is 0.0569. The van der Waals surface area contributed by atoms with Crippen LogP contribution in [0.25, 0.3) is 22.4 Å². The molecule has 0 radical (unpaired) electrons. The van der Waals surface area contributed by atoms with E-state index < -0.39 is 11.4 Å². The molecule has 2 aromatic heterocycles. The first-order valence-electron chi connectivity index (χ1n) is 7.95. The van der Waals surface area contributed by atoms with Crippen molar-refractivity contribution in [3.8, 4) is 11.5 Å². The molecule has 0 aliphatic carbocycles. The number of nitrogens with zero attached hydrogens (tertiary/aromatic N) is 2. The Hall–Kier alpha value is -2.64. The molecule has 4 aromatic rings. The van der Waals surface area contributed by atoms with E-state index in [1.54, 1.807) is 30.3 Å². The van der Waals surface area contributed by atoms with E-state index in [0.717, 1.165) is 16.5 Å². The number of rotatable bonds is 4. The monoisotopic (exact) mass is 402 g/mol. The number of benzene rings is 2. The van der Waals surface area contributed by atoms with Gasteiger partial charge in [-0.05, 0) is 42.3 Å². The van der Waals surface area contributed by atoms with Gasteiger partial charge in [0.1, 0.15) is 11.4 Å². The minimum atomic E-state index is -0.447. The topological polar surface area (TPSA) is 69.1 Å². The lowest BCUT2D eigenvalue weighted by molar-refractivity contribution is 0.463. The minimum Gasteiger partial charge on any atom is -0.423 e. The maximum Gasteiger partial charge on any atom is 0.336 e. The number of thioether (sulfide) groups is 1. The summed E-state index contributed by atoms with van der Waals surface area (Å²) < 4.78 is 24.6. The molecule has 0 saturated heterocycles. The smallest absolute Gasteiger partial charge is 0.336 e. The van der Waals surface area contributed by atoms with Gasteiger partial charge in [0, 0.05) is 22.2 Å². The van der Waals surface area contributed by atoms with E-state index in [1.165, 1.54) is 23.9 Å². The first kappa shape index (κ1) is 17.8. The van der Waals surface area contributed by atoms with Crippen LogP contribution in [0.2, 0.25) is 5.02 Å². The standard InChI is InChI=1S/C19H12ClFN2O3S/c1-10-6-16-13(8-14(10)20)11(7-17(24)25-16)9-27-19-23-22-18(26-19)12-4-2-3-5-15(12)21/h2-8H,9H2,1H3. The molecule has 0 bridgehead atoms. The molecular formula is C19H12ClFN2O3S. The Labute approximate surface area is 162 Å². The second kappa shape index (κ2) is 7.17. The average Bonchev–Trinajstić information content (AvgIpc) is 3.10. The molecule has 27 heavy (non-hydrogen) atoms. The van der Waals surface area contributed by atoms with Crippen LogP contribution >= 0.6 is 23.4 Å². The molecule has 0 N–H and O–H groups in total. The van der Waals surface area contributed by atoms with Crippen molar-refractivity contribution >= 4 is 34.3 Å². The lowest BCUT2D eigenvalue weighted by Gasteiger charge is -2.06. The Bertz CT molecular complexity index is 1210. The summed E-state index contributed by atoms with van der Waals surface area (Å²) >= 11 is 7.44. The van der Waals surface area contributed by atoms with Gasteiger partial charge in [0.15, 0.2) is 0 Å². The van der Waals surface area contributed by atoms with Crippen molar-refractivity contribution in [2.45, 2.75) is 17.9 Å². The van der Waals surface area contributed by atoms with E-state index in [-0.39, 0.29) is 16.7 Å². The van der Waals surface area contributed by atoms with Gasteiger partial charge >= 0.3 is 5.63 Å². The summed E-state index contributed by atoms with van der Waals surface area (Å²) in [7, 11) is 0. The molecule has 0 saturated carbocycles. The van der Waals surface area contributed by atoms with Crippen molar-refractivity contribution in [3.63, 3.8) is 0 Å². The number of halogens is 2. The predicted octanol–water partition coefficient (Wildman–Crippen LogP) is 5.24. The van der Waals surface area contributed by atoms with E-state index in [1.807, 2.05) is 6.92 Å². The highest BCUT2D eigenvalue weighted by molar-refractivity contribution is 7.98. The largest absolute Gasteiger partial charge is 0.423 e. The molecule has 2 aromatic carbocycles. The number of hydrogen-bond donors (Lipinski definition) is 0. The van der Waals surface area contributed by atoms with Crippen molar-refractivity contribution in [2.24, 2.45) is 0 Å². The fourth-order valence-electron chi connectivity index (χ4n) is 2.62. The molecule has 0 aliphatic rings. The molecule has 0 atom stereocenters. The molecule has 5 nitrogen and oxygen atoms in total. The lowest BCUT2D eigenvalue weighted by Crippen LogP contribution is -2.00. The van der Waals surface area contributed by atoms with Gasteiger partial charge in [-0.2, -0.15) is 0 Å². The van der Waals surface area contributed by atoms with Gasteiger partial charge in [-0.3, -0.25) is 0 Å². The minimum absolute atomic E-state index is 0.103. The summed E-state index contributed by atoms with van der Waals surface area (Å²) in [4.78, 5) is 11.8. The maximum absolute atomic E-state index is 13.8. The predicted molar refractivity (Wildman–Crippen MR) is 101 cm³/mol. The van der Waals surface area contributed by atoms with Crippen molar-refractivity contribution in [1.82, 2.24) is 10.2 Å². The van der Waals surface area contributed by atoms with Crippen LogP contribution in [-0.4, -0.2) is 10.2 Å². The highest BCUT2D eigenvalue weighted by Gasteiger charge is 2.14. The Morgan fingerprint density at radius 1 is 1.15 bits per heavy atom. The van der Waals surface area contributed by atoms with Gasteiger partial charge < -0.3 is 8.83 Å². The van der Waals surface area contributed by atoms with E-state index >= 15 is 0 Å². The van der Waals surface area contributed by atoms with E-state index in [9.17, 15) is 9.18 Å². The van der Waals surface area contributed by atoms with Crippen molar-refractivity contribution in [3.05, 3.63) is 74.9 Å². The average molecular weight is 403 g/mol. The lowest BCUT2D eigenvalue weighted by atomic mass is 10.1. The normalized spacial score (nSPS) is 11.2. The third kappa shape index (κ3) is 3.61. The first-order valence-corrected chi connectivity index (χ1v) is 9.32. The van der Waals surface area contributed by atoms with Gasteiger partial charge in [0.05, 0.1) is 5.56 Å². The second-order valence-corrected chi connectivity index (χ2v) is 7.16. The van der Waals surface area contributed by atoms with Crippen LogP contribution in [0.3, 0.4) is 0 Å². The fourth-order valence-corrected chi connectivity index (χ4v) is 3.54. The van der Waals surface area contributed by atoms with Crippen molar-refractivity contribution in [2.75, 3.05) is 0 Å². The van der Waals surface area contributed by atoms with Crippen LogP contribution < -0.4 is 5.63 Å². The molecule has 0 amide bonds. The third-order valence-corrected chi connectivity index (χ3v) is 5.25. The zero-order valence-corrected chi connectivity index (χ0v) is 15.6. The molecule has 136 valence electrons. The van der Waals surface area contributed by atoms with Crippen LogP contribution in [0.1, 0.15) is 11.1 Å². The van der Waals surface area contributed by atoms with E-state index in [2.05, 4.69) is 10.2 Å². The summed E-state index contributed by atoms with van der Waals surface area (Å²) in [5.41, 5.74) is 1.82. The molecule has 4 rings (SSSR count). The van der Waals surface area contributed by atoms with Gasteiger partial charge in [0.2, 0.25) is 0 Å². The van der Waals surface area contributed by atoms with Gasteiger partial charge in [-0.15, -0.1) is 10.2 Å². The number of hydrogen-bond acceptors (Lipinski definition) is 6. The van der Waals surface area contributed by atoms with Crippen LogP contribution in [-0.2, 0) is 5.75 Å². The van der Waals surface area contributed by atoms with Crippen LogP contribution in [0.5, 0.6) is 0 Å².